The van der Waals surface area contributed by atoms with Crippen LogP contribution in [0.2, 0.25) is 0 Å². The Hall–Kier alpha value is -1.39. The second-order valence-corrected chi connectivity index (χ2v) is 5.05. The number of hydrogen-bond acceptors (Lipinski definition) is 3. The first kappa shape index (κ1) is 12.6. The van der Waals surface area contributed by atoms with Crippen LogP contribution in [0.1, 0.15) is 36.5 Å². The molecule has 1 amide bonds. The average Bonchev–Trinajstić information content (AvgIpc) is 2.48. The monoisotopic (exact) mass is 261 g/mol. The summed E-state index contributed by atoms with van der Waals surface area (Å²) in [5.41, 5.74) is 2.45. The number of amides is 1. The molecule has 0 saturated carbocycles. The zero-order valence-corrected chi connectivity index (χ0v) is 11.0. The lowest BCUT2D eigenvalue weighted by atomic mass is 9.95. The first-order chi connectivity index (χ1) is 9.34. The van der Waals surface area contributed by atoms with E-state index >= 15 is 0 Å². The van der Waals surface area contributed by atoms with Crippen LogP contribution in [0.4, 0.5) is 0 Å². The van der Waals surface area contributed by atoms with Crippen LogP contribution in [-0.4, -0.2) is 30.7 Å². The van der Waals surface area contributed by atoms with Crippen molar-refractivity contribution in [1.29, 1.82) is 0 Å². The van der Waals surface area contributed by atoms with Crippen molar-refractivity contribution in [1.82, 2.24) is 5.06 Å². The maximum absolute atomic E-state index is 12.2. The standard InChI is InChI=1S/C15H19NO3/c17-15(16-8-3-4-9-19-16)11-14-13-6-2-1-5-12(13)7-10-18-14/h1-2,5-6,14H,3-4,7-11H2/t14-/m0/s1. The zero-order valence-electron chi connectivity index (χ0n) is 11.0. The van der Waals surface area contributed by atoms with Crippen molar-refractivity contribution >= 4 is 5.91 Å². The molecule has 1 fully saturated rings. The number of nitrogens with zero attached hydrogens (tertiary/aromatic N) is 1. The van der Waals surface area contributed by atoms with Gasteiger partial charge in [0.05, 0.1) is 25.7 Å². The molecule has 0 N–H and O–H groups in total. The molecule has 1 atom stereocenters. The summed E-state index contributed by atoms with van der Waals surface area (Å²) in [7, 11) is 0. The summed E-state index contributed by atoms with van der Waals surface area (Å²) in [4.78, 5) is 17.6. The normalized spacial score (nSPS) is 22.9. The number of carbonyl (C=O) groups excluding carboxylic acids is 1. The van der Waals surface area contributed by atoms with Crippen LogP contribution >= 0.6 is 0 Å². The molecule has 0 unspecified atom stereocenters. The quantitative estimate of drug-likeness (QED) is 0.819. The first-order valence-electron chi connectivity index (χ1n) is 6.97. The van der Waals surface area contributed by atoms with E-state index in [1.54, 1.807) is 0 Å². The smallest absolute Gasteiger partial charge is 0.249 e. The number of hydroxylamine groups is 2. The van der Waals surface area contributed by atoms with Gasteiger partial charge in [-0.1, -0.05) is 24.3 Å². The van der Waals surface area contributed by atoms with E-state index in [4.69, 9.17) is 9.57 Å². The summed E-state index contributed by atoms with van der Waals surface area (Å²) in [5, 5.41) is 1.50. The van der Waals surface area contributed by atoms with E-state index in [0.29, 0.717) is 26.2 Å². The molecule has 0 radical (unpaired) electrons. The number of rotatable bonds is 2. The molecule has 4 nitrogen and oxygen atoms in total. The van der Waals surface area contributed by atoms with Crippen LogP contribution in [0.15, 0.2) is 24.3 Å². The van der Waals surface area contributed by atoms with Gasteiger partial charge in [-0.05, 0) is 30.4 Å². The second kappa shape index (κ2) is 5.72. The molecule has 19 heavy (non-hydrogen) atoms. The van der Waals surface area contributed by atoms with E-state index in [1.807, 2.05) is 12.1 Å². The summed E-state index contributed by atoms with van der Waals surface area (Å²) in [6.45, 7) is 2.04. The van der Waals surface area contributed by atoms with E-state index in [9.17, 15) is 4.79 Å². The predicted molar refractivity (Wildman–Crippen MR) is 70.4 cm³/mol. The van der Waals surface area contributed by atoms with Gasteiger partial charge in [0.15, 0.2) is 0 Å². The maximum Gasteiger partial charge on any atom is 0.249 e. The lowest BCUT2D eigenvalue weighted by molar-refractivity contribution is -0.199. The fourth-order valence-corrected chi connectivity index (χ4v) is 2.70. The van der Waals surface area contributed by atoms with Crippen LogP contribution in [0.25, 0.3) is 0 Å². The molecule has 1 aromatic rings. The highest BCUT2D eigenvalue weighted by Crippen LogP contribution is 2.30. The van der Waals surface area contributed by atoms with Crippen molar-refractivity contribution < 1.29 is 14.4 Å². The Balaban J connectivity index is 1.68. The molecule has 3 rings (SSSR count). The van der Waals surface area contributed by atoms with Gasteiger partial charge in [0.1, 0.15) is 0 Å². The van der Waals surface area contributed by atoms with E-state index in [1.165, 1.54) is 10.6 Å². The van der Waals surface area contributed by atoms with Gasteiger partial charge in [0.2, 0.25) is 5.91 Å². The molecule has 102 valence electrons. The summed E-state index contributed by atoms with van der Waals surface area (Å²) in [6.07, 6.45) is 3.24. The minimum atomic E-state index is -0.122. The summed E-state index contributed by atoms with van der Waals surface area (Å²) >= 11 is 0. The van der Waals surface area contributed by atoms with Gasteiger partial charge in [-0.2, -0.15) is 0 Å². The lowest BCUT2D eigenvalue weighted by Crippen LogP contribution is -2.37. The maximum atomic E-state index is 12.2. The molecule has 0 aliphatic carbocycles. The van der Waals surface area contributed by atoms with Crippen LogP contribution in [-0.2, 0) is 20.8 Å². The third-order valence-corrected chi connectivity index (χ3v) is 3.73. The molecular formula is C15H19NO3. The second-order valence-electron chi connectivity index (χ2n) is 5.05. The van der Waals surface area contributed by atoms with Crippen LogP contribution < -0.4 is 0 Å². The van der Waals surface area contributed by atoms with Gasteiger partial charge in [-0.15, -0.1) is 0 Å². The molecule has 2 heterocycles. The highest BCUT2D eigenvalue weighted by molar-refractivity contribution is 5.76. The third kappa shape index (κ3) is 2.80. The Kier molecular flexibility index (Phi) is 3.80. The van der Waals surface area contributed by atoms with Crippen molar-refractivity contribution in [2.24, 2.45) is 0 Å². The van der Waals surface area contributed by atoms with E-state index in [2.05, 4.69) is 12.1 Å². The van der Waals surface area contributed by atoms with Crippen LogP contribution in [0.3, 0.4) is 0 Å². The third-order valence-electron chi connectivity index (χ3n) is 3.73. The van der Waals surface area contributed by atoms with Gasteiger partial charge in [0.25, 0.3) is 0 Å². The summed E-state index contributed by atoms with van der Waals surface area (Å²) in [6, 6.07) is 8.22. The van der Waals surface area contributed by atoms with Gasteiger partial charge in [-0.3, -0.25) is 9.63 Å². The Morgan fingerprint density at radius 2 is 2.16 bits per heavy atom. The zero-order chi connectivity index (χ0) is 13.1. The lowest BCUT2D eigenvalue weighted by Gasteiger charge is -2.30. The molecule has 1 aromatic carbocycles. The minimum absolute atomic E-state index is 0.0291. The van der Waals surface area contributed by atoms with E-state index in [0.717, 1.165) is 24.8 Å². The van der Waals surface area contributed by atoms with Crippen LogP contribution in [0.5, 0.6) is 0 Å². The van der Waals surface area contributed by atoms with Crippen molar-refractivity contribution in [2.75, 3.05) is 19.8 Å². The molecule has 1 saturated heterocycles. The van der Waals surface area contributed by atoms with E-state index in [-0.39, 0.29) is 12.0 Å². The van der Waals surface area contributed by atoms with Gasteiger partial charge < -0.3 is 4.74 Å². The Labute approximate surface area is 113 Å². The molecular weight excluding hydrogens is 242 g/mol. The molecule has 2 aliphatic rings. The number of carbonyl (C=O) groups is 1. The topological polar surface area (TPSA) is 38.8 Å². The summed E-state index contributed by atoms with van der Waals surface area (Å²) < 4.78 is 5.76. The minimum Gasteiger partial charge on any atom is -0.373 e. The van der Waals surface area contributed by atoms with Crippen molar-refractivity contribution in [2.45, 2.75) is 31.8 Å². The fourth-order valence-electron chi connectivity index (χ4n) is 2.70. The van der Waals surface area contributed by atoms with Crippen molar-refractivity contribution in [3.05, 3.63) is 35.4 Å². The van der Waals surface area contributed by atoms with Gasteiger partial charge >= 0.3 is 0 Å². The summed E-state index contributed by atoms with van der Waals surface area (Å²) in [5.74, 6) is 0.0291. The molecule has 0 aromatic heterocycles. The largest absolute Gasteiger partial charge is 0.373 e. The Morgan fingerprint density at radius 1 is 1.26 bits per heavy atom. The molecule has 4 heteroatoms. The van der Waals surface area contributed by atoms with Crippen LogP contribution in [0, 0.1) is 0 Å². The highest BCUT2D eigenvalue weighted by Gasteiger charge is 2.26. The highest BCUT2D eigenvalue weighted by atomic mass is 16.7. The van der Waals surface area contributed by atoms with Gasteiger partial charge in [0, 0.05) is 6.54 Å². The molecule has 2 aliphatic heterocycles. The van der Waals surface area contributed by atoms with E-state index < -0.39 is 0 Å². The number of hydrogen-bond donors (Lipinski definition) is 0. The SMILES string of the molecule is O=C(C[C@@H]1OCCc2ccccc21)N1CCCCO1. The first-order valence-corrected chi connectivity index (χ1v) is 6.97. The number of fused-ring (bicyclic) bond motifs is 1. The van der Waals surface area contributed by atoms with Crippen molar-refractivity contribution in [3.8, 4) is 0 Å². The Bertz CT molecular complexity index is 454. The average molecular weight is 261 g/mol. The van der Waals surface area contributed by atoms with Crippen molar-refractivity contribution in [3.63, 3.8) is 0 Å². The fraction of sp³-hybridized carbons (Fsp3) is 0.533. The Morgan fingerprint density at radius 3 is 3.00 bits per heavy atom. The molecule has 0 spiro atoms. The number of benzene rings is 1. The van der Waals surface area contributed by atoms with Gasteiger partial charge in [-0.25, -0.2) is 5.06 Å². The molecule has 0 bridgehead atoms. The predicted octanol–water partition coefficient (Wildman–Crippen LogP) is 2.24. The number of ether oxygens (including phenoxy) is 1.